The summed E-state index contributed by atoms with van der Waals surface area (Å²) in [5.41, 5.74) is -2.74. The van der Waals surface area contributed by atoms with Gasteiger partial charge < -0.3 is 25.8 Å². The maximum absolute atomic E-state index is 15.1. The van der Waals surface area contributed by atoms with Gasteiger partial charge in [-0.25, -0.2) is 9.18 Å². The number of nitrogens with zero attached hydrogens (tertiary/aromatic N) is 2. The van der Waals surface area contributed by atoms with Gasteiger partial charge in [-0.15, -0.1) is 0 Å². The zero-order chi connectivity index (χ0) is 23.4. The summed E-state index contributed by atoms with van der Waals surface area (Å²) in [7, 11) is 1.69. The summed E-state index contributed by atoms with van der Waals surface area (Å²) in [4.78, 5) is 37.7. The molecule has 3 rings (SSSR count). The van der Waals surface area contributed by atoms with Gasteiger partial charge in [-0.1, -0.05) is 12.8 Å². The SMILES string of the molecule is CCOC(=O)NC(CC1(F)CCCC1)C(=O)NC1(C(O)C(=O)Nc2ccn(C)n2)CCC1. The maximum Gasteiger partial charge on any atom is 0.407 e. The largest absolute Gasteiger partial charge is 0.450 e. The summed E-state index contributed by atoms with van der Waals surface area (Å²) in [5, 5.41) is 22.5. The normalized spacial score (nSPS) is 20.5. The second-order valence-corrected chi connectivity index (χ2v) is 8.74. The fraction of sp³-hybridized carbons (Fsp3) is 0.714. The molecule has 2 fully saturated rings. The third-order valence-corrected chi connectivity index (χ3v) is 6.31. The molecule has 178 valence electrons. The van der Waals surface area contributed by atoms with E-state index in [0.717, 1.165) is 12.8 Å². The fourth-order valence-electron chi connectivity index (χ4n) is 4.39. The number of alkyl halides is 1. The fourth-order valence-corrected chi connectivity index (χ4v) is 4.39. The number of aliphatic hydroxyl groups is 1. The van der Waals surface area contributed by atoms with E-state index >= 15 is 4.39 Å². The van der Waals surface area contributed by atoms with Crippen LogP contribution in [0.15, 0.2) is 12.3 Å². The molecule has 0 saturated heterocycles. The molecule has 1 heterocycles. The van der Waals surface area contributed by atoms with Crippen LogP contribution in [-0.4, -0.2) is 62.8 Å². The van der Waals surface area contributed by atoms with Crippen molar-refractivity contribution in [2.24, 2.45) is 7.05 Å². The van der Waals surface area contributed by atoms with Crippen LogP contribution in [0.3, 0.4) is 0 Å². The maximum atomic E-state index is 15.1. The van der Waals surface area contributed by atoms with Crippen molar-refractivity contribution in [2.45, 2.75) is 81.6 Å². The van der Waals surface area contributed by atoms with Gasteiger partial charge in [-0.2, -0.15) is 5.10 Å². The van der Waals surface area contributed by atoms with E-state index in [9.17, 15) is 19.5 Å². The predicted molar refractivity (Wildman–Crippen MR) is 113 cm³/mol. The molecule has 0 bridgehead atoms. The van der Waals surface area contributed by atoms with Crippen LogP contribution in [0.4, 0.5) is 15.0 Å². The highest BCUT2D eigenvalue weighted by atomic mass is 19.1. The number of alkyl carbamates (subject to hydrolysis) is 1. The van der Waals surface area contributed by atoms with Crippen molar-refractivity contribution in [2.75, 3.05) is 11.9 Å². The minimum atomic E-state index is -1.55. The molecule has 4 N–H and O–H groups in total. The van der Waals surface area contributed by atoms with Gasteiger partial charge in [-0.3, -0.25) is 14.3 Å². The first-order valence-corrected chi connectivity index (χ1v) is 11.1. The number of aryl methyl sites for hydroxylation is 1. The van der Waals surface area contributed by atoms with Crippen molar-refractivity contribution in [1.29, 1.82) is 0 Å². The number of ether oxygens (including phenoxy) is 1. The first kappa shape index (κ1) is 24.0. The van der Waals surface area contributed by atoms with Crippen molar-refractivity contribution < 1.29 is 28.6 Å². The third kappa shape index (κ3) is 5.56. The molecule has 10 nitrogen and oxygen atoms in total. The average molecular weight is 454 g/mol. The lowest BCUT2D eigenvalue weighted by molar-refractivity contribution is -0.137. The number of carbonyl (C=O) groups is 3. The van der Waals surface area contributed by atoms with Gasteiger partial charge in [0.2, 0.25) is 5.91 Å². The standard InChI is InChI=1S/C21H32FN5O5/c1-3-32-19(31)23-14(13-20(22)8-4-5-9-20)17(29)25-21(10-6-11-21)16(28)18(30)24-15-7-12-27(2)26-15/h7,12,14,16,28H,3-6,8-11,13H2,1-2H3,(H,23,31)(H,25,29)(H,24,26,30). The molecule has 0 aromatic carbocycles. The zero-order valence-electron chi connectivity index (χ0n) is 18.5. The monoisotopic (exact) mass is 453 g/mol. The number of carbonyl (C=O) groups excluding carboxylic acids is 3. The van der Waals surface area contributed by atoms with Gasteiger partial charge in [-0.05, 0) is 39.0 Å². The second-order valence-electron chi connectivity index (χ2n) is 8.74. The van der Waals surface area contributed by atoms with E-state index in [2.05, 4.69) is 21.0 Å². The summed E-state index contributed by atoms with van der Waals surface area (Å²) < 4.78 is 21.5. The van der Waals surface area contributed by atoms with Gasteiger partial charge in [0.25, 0.3) is 5.91 Å². The van der Waals surface area contributed by atoms with Crippen molar-refractivity contribution in [1.82, 2.24) is 20.4 Å². The molecule has 0 spiro atoms. The highest BCUT2D eigenvalue weighted by Crippen LogP contribution is 2.38. The number of rotatable bonds is 9. The predicted octanol–water partition coefficient (Wildman–Crippen LogP) is 1.55. The number of hydrogen-bond acceptors (Lipinski definition) is 6. The number of nitrogens with one attached hydrogen (secondary N) is 3. The average Bonchev–Trinajstić information content (AvgIpc) is 3.31. The van der Waals surface area contributed by atoms with Crippen molar-refractivity contribution in [3.05, 3.63) is 12.3 Å². The lowest BCUT2D eigenvalue weighted by Crippen LogP contribution is -2.67. The molecule has 1 aromatic heterocycles. The van der Waals surface area contributed by atoms with Crippen LogP contribution in [0.1, 0.15) is 58.3 Å². The van der Waals surface area contributed by atoms with Crippen molar-refractivity contribution in [3.8, 4) is 0 Å². The van der Waals surface area contributed by atoms with Crippen LogP contribution in [0.25, 0.3) is 0 Å². The number of anilines is 1. The Morgan fingerprint density at radius 1 is 1.22 bits per heavy atom. The highest BCUT2D eigenvalue weighted by Gasteiger charge is 2.49. The van der Waals surface area contributed by atoms with E-state index in [1.807, 2.05) is 0 Å². The zero-order valence-corrected chi connectivity index (χ0v) is 18.5. The minimum absolute atomic E-state index is 0.108. The minimum Gasteiger partial charge on any atom is -0.450 e. The van der Waals surface area contributed by atoms with Crippen LogP contribution in [-0.2, 0) is 21.4 Å². The number of aliphatic hydroxyl groups excluding tert-OH is 1. The Bertz CT molecular complexity index is 834. The molecular formula is C21H32FN5O5. The molecule has 2 atom stereocenters. The second kappa shape index (κ2) is 9.85. The molecule has 3 amide bonds. The van der Waals surface area contributed by atoms with Gasteiger partial charge in [0.15, 0.2) is 11.9 Å². The summed E-state index contributed by atoms with van der Waals surface area (Å²) in [6, 6.07) is 0.402. The van der Waals surface area contributed by atoms with Crippen LogP contribution in [0, 0.1) is 0 Å². The Morgan fingerprint density at radius 2 is 1.91 bits per heavy atom. The molecule has 1 aromatic rings. The lowest BCUT2D eigenvalue weighted by Gasteiger charge is -2.45. The van der Waals surface area contributed by atoms with Crippen LogP contribution >= 0.6 is 0 Å². The lowest BCUT2D eigenvalue weighted by atomic mass is 9.72. The van der Waals surface area contributed by atoms with Crippen LogP contribution < -0.4 is 16.0 Å². The number of hydrogen-bond donors (Lipinski definition) is 4. The third-order valence-electron chi connectivity index (χ3n) is 6.31. The molecule has 32 heavy (non-hydrogen) atoms. The topological polar surface area (TPSA) is 135 Å². The summed E-state index contributed by atoms with van der Waals surface area (Å²) in [6.45, 7) is 1.74. The van der Waals surface area contributed by atoms with Crippen molar-refractivity contribution in [3.63, 3.8) is 0 Å². The Labute approximate surface area is 186 Å². The van der Waals surface area contributed by atoms with Crippen molar-refractivity contribution >= 4 is 23.7 Å². The van der Waals surface area contributed by atoms with Gasteiger partial charge in [0.05, 0.1) is 12.1 Å². The van der Waals surface area contributed by atoms with Gasteiger partial charge in [0, 0.05) is 25.7 Å². The number of amides is 3. The number of aromatic nitrogens is 2. The van der Waals surface area contributed by atoms with E-state index in [-0.39, 0.29) is 18.8 Å². The molecular weight excluding hydrogens is 421 g/mol. The first-order chi connectivity index (χ1) is 15.2. The highest BCUT2D eigenvalue weighted by molar-refractivity contribution is 5.95. The summed E-state index contributed by atoms with van der Waals surface area (Å²) in [6.07, 6.45) is 2.65. The molecule has 0 aliphatic heterocycles. The van der Waals surface area contributed by atoms with Gasteiger partial charge >= 0.3 is 6.09 Å². The Hall–Kier alpha value is -2.69. The van der Waals surface area contributed by atoms with E-state index in [1.165, 1.54) is 4.68 Å². The molecule has 0 radical (unpaired) electrons. The molecule has 2 unspecified atom stereocenters. The quantitative estimate of drug-likeness (QED) is 0.448. The first-order valence-electron chi connectivity index (χ1n) is 11.1. The Morgan fingerprint density at radius 3 is 2.44 bits per heavy atom. The molecule has 2 aliphatic rings. The van der Waals surface area contributed by atoms with E-state index in [1.54, 1.807) is 26.2 Å². The van der Waals surface area contributed by atoms with Crippen LogP contribution in [0.2, 0.25) is 0 Å². The molecule has 2 aliphatic carbocycles. The molecule has 2 saturated carbocycles. The van der Waals surface area contributed by atoms with Crippen LogP contribution in [0.5, 0.6) is 0 Å². The van der Waals surface area contributed by atoms with E-state index in [0.29, 0.717) is 32.1 Å². The summed E-state index contributed by atoms with van der Waals surface area (Å²) >= 11 is 0. The van der Waals surface area contributed by atoms with E-state index in [4.69, 9.17) is 4.74 Å². The summed E-state index contributed by atoms with van der Waals surface area (Å²) in [5.74, 6) is -1.07. The van der Waals surface area contributed by atoms with Gasteiger partial charge in [0.1, 0.15) is 11.7 Å². The van der Waals surface area contributed by atoms with E-state index < -0.39 is 41.3 Å². The Kier molecular flexibility index (Phi) is 7.37. The smallest absolute Gasteiger partial charge is 0.407 e. The number of halogens is 1. The molecule has 11 heteroatoms. The Balaban J connectivity index is 1.70.